The van der Waals surface area contributed by atoms with Crippen molar-refractivity contribution in [3.05, 3.63) is 33.5 Å². The van der Waals surface area contributed by atoms with Gasteiger partial charge in [-0.05, 0) is 40.3 Å². The van der Waals surface area contributed by atoms with Crippen molar-refractivity contribution in [2.75, 3.05) is 0 Å². The van der Waals surface area contributed by atoms with E-state index < -0.39 is 0 Å². The van der Waals surface area contributed by atoms with E-state index in [-0.39, 0.29) is 6.04 Å². The molecule has 1 atom stereocenters. The molecule has 2 rings (SSSR count). The van der Waals surface area contributed by atoms with Crippen LogP contribution in [-0.4, -0.2) is 9.59 Å². The van der Waals surface area contributed by atoms with Crippen LogP contribution >= 0.6 is 22.9 Å². The third kappa shape index (κ3) is 2.12. The summed E-state index contributed by atoms with van der Waals surface area (Å²) in [5.41, 5.74) is 8.09. The van der Waals surface area contributed by atoms with Crippen LogP contribution in [0, 0.1) is 0 Å². The molecule has 0 radical (unpaired) electrons. The Morgan fingerprint density at radius 2 is 2.38 bits per heavy atom. The number of nitrogens with zero attached hydrogens (tertiary/aromatic N) is 2. The van der Waals surface area contributed by atoms with E-state index in [0.29, 0.717) is 0 Å². The van der Waals surface area contributed by atoms with Gasteiger partial charge in [0.25, 0.3) is 0 Å². The minimum absolute atomic E-state index is 0.0200. The average molecular weight is 211 g/mol. The quantitative estimate of drug-likeness (QED) is 0.842. The van der Waals surface area contributed by atoms with Crippen molar-refractivity contribution in [1.82, 2.24) is 9.59 Å². The van der Waals surface area contributed by atoms with Crippen molar-refractivity contribution < 1.29 is 0 Å². The smallest absolute Gasteiger partial charge is 0.0925 e. The van der Waals surface area contributed by atoms with Crippen LogP contribution < -0.4 is 5.73 Å². The Morgan fingerprint density at radius 3 is 3.00 bits per heavy atom. The molecule has 2 N–H and O–H groups in total. The maximum Gasteiger partial charge on any atom is 0.0925 e. The number of rotatable bonds is 3. The molecule has 0 aliphatic heterocycles. The van der Waals surface area contributed by atoms with Crippen molar-refractivity contribution in [1.29, 1.82) is 0 Å². The third-order valence-electron chi connectivity index (χ3n) is 1.79. The van der Waals surface area contributed by atoms with E-state index in [2.05, 4.69) is 26.4 Å². The molecule has 0 saturated heterocycles. The summed E-state index contributed by atoms with van der Waals surface area (Å²) in [4.78, 5) is 0. The maximum atomic E-state index is 5.94. The van der Waals surface area contributed by atoms with Crippen LogP contribution in [0.15, 0.2) is 22.2 Å². The van der Waals surface area contributed by atoms with Gasteiger partial charge in [-0.3, -0.25) is 0 Å². The molecule has 1 unspecified atom stereocenters. The first-order valence-corrected chi connectivity index (χ1v) is 5.68. The van der Waals surface area contributed by atoms with E-state index in [4.69, 9.17) is 5.73 Å². The van der Waals surface area contributed by atoms with Crippen LogP contribution in [0.4, 0.5) is 0 Å². The summed E-state index contributed by atoms with van der Waals surface area (Å²) < 4.78 is 3.79. The molecule has 68 valence electrons. The Balaban J connectivity index is 2.04. The molecule has 0 aliphatic rings. The molecule has 13 heavy (non-hydrogen) atoms. The van der Waals surface area contributed by atoms with Gasteiger partial charge in [-0.25, -0.2) is 0 Å². The highest BCUT2D eigenvalue weighted by atomic mass is 32.1. The van der Waals surface area contributed by atoms with Crippen molar-refractivity contribution in [3.63, 3.8) is 0 Å². The predicted octanol–water partition coefficient (Wildman–Crippen LogP) is 1.84. The number of hydrogen-bond donors (Lipinski definition) is 1. The Kier molecular flexibility index (Phi) is 2.68. The van der Waals surface area contributed by atoms with Crippen LogP contribution in [0.1, 0.15) is 17.3 Å². The van der Waals surface area contributed by atoms with Gasteiger partial charge in [-0.1, -0.05) is 4.49 Å². The Hall–Kier alpha value is -0.780. The van der Waals surface area contributed by atoms with E-state index in [1.807, 2.05) is 5.38 Å². The van der Waals surface area contributed by atoms with Gasteiger partial charge in [0.05, 0.1) is 11.7 Å². The van der Waals surface area contributed by atoms with Gasteiger partial charge in [-0.15, -0.1) is 5.10 Å². The summed E-state index contributed by atoms with van der Waals surface area (Å²) in [6.07, 6.45) is 0.842. The lowest BCUT2D eigenvalue weighted by Crippen LogP contribution is -2.13. The first kappa shape index (κ1) is 8.80. The largest absolute Gasteiger partial charge is 0.322 e. The van der Waals surface area contributed by atoms with Gasteiger partial charge in [-0.2, -0.15) is 11.3 Å². The fraction of sp³-hybridized carbons (Fsp3) is 0.250. The molecule has 3 nitrogen and oxygen atoms in total. The zero-order valence-electron chi connectivity index (χ0n) is 6.88. The number of aromatic nitrogens is 2. The number of thiophene rings is 1. The Labute approximate surface area is 84.4 Å². The molecule has 0 spiro atoms. The van der Waals surface area contributed by atoms with Crippen molar-refractivity contribution in [2.24, 2.45) is 5.73 Å². The van der Waals surface area contributed by atoms with Gasteiger partial charge in [0.1, 0.15) is 0 Å². The van der Waals surface area contributed by atoms with Crippen molar-refractivity contribution in [2.45, 2.75) is 12.5 Å². The Bertz CT molecular complexity index is 341. The number of hydrogen-bond acceptors (Lipinski definition) is 5. The predicted molar refractivity (Wildman–Crippen MR) is 54.9 cm³/mol. The zero-order chi connectivity index (χ0) is 9.10. The summed E-state index contributed by atoms with van der Waals surface area (Å²) in [5.74, 6) is 0. The van der Waals surface area contributed by atoms with Gasteiger partial charge < -0.3 is 5.73 Å². The van der Waals surface area contributed by atoms with E-state index in [1.165, 1.54) is 17.1 Å². The summed E-state index contributed by atoms with van der Waals surface area (Å²) in [7, 11) is 0. The van der Waals surface area contributed by atoms with Crippen LogP contribution in [0.3, 0.4) is 0 Å². The molecule has 5 heteroatoms. The first-order valence-electron chi connectivity index (χ1n) is 3.90. The van der Waals surface area contributed by atoms with Crippen molar-refractivity contribution >= 4 is 22.9 Å². The highest BCUT2D eigenvalue weighted by Gasteiger charge is 2.09. The maximum absolute atomic E-state index is 5.94. The second-order valence-corrected chi connectivity index (χ2v) is 4.16. The highest BCUT2D eigenvalue weighted by molar-refractivity contribution is 7.08. The molecule has 2 heterocycles. The van der Waals surface area contributed by atoms with Crippen LogP contribution in [0.2, 0.25) is 0 Å². The fourth-order valence-electron chi connectivity index (χ4n) is 1.10. The van der Waals surface area contributed by atoms with E-state index in [1.54, 1.807) is 11.3 Å². The zero-order valence-corrected chi connectivity index (χ0v) is 8.52. The average Bonchev–Trinajstić information content (AvgIpc) is 2.74. The minimum atomic E-state index is -0.0200. The molecule has 0 aliphatic carbocycles. The van der Waals surface area contributed by atoms with E-state index in [0.717, 1.165) is 12.1 Å². The second kappa shape index (κ2) is 3.95. The van der Waals surface area contributed by atoms with Gasteiger partial charge >= 0.3 is 0 Å². The normalized spacial score (nSPS) is 13.0. The molecular formula is C8H9N3S2. The van der Waals surface area contributed by atoms with E-state index in [9.17, 15) is 0 Å². The topological polar surface area (TPSA) is 51.8 Å². The summed E-state index contributed by atoms with van der Waals surface area (Å²) in [6, 6.07) is 2.07. The van der Waals surface area contributed by atoms with Crippen LogP contribution in [0.5, 0.6) is 0 Å². The lowest BCUT2D eigenvalue weighted by Gasteiger charge is -2.05. The van der Waals surface area contributed by atoms with Crippen LogP contribution in [0.25, 0.3) is 0 Å². The van der Waals surface area contributed by atoms with Gasteiger partial charge in [0.2, 0.25) is 0 Å². The molecule has 0 fully saturated rings. The highest BCUT2D eigenvalue weighted by Crippen LogP contribution is 2.16. The molecule has 0 saturated carbocycles. The first-order chi connectivity index (χ1) is 6.36. The monoisotopic (exact) mass is 211 g/mol. The SMILES string of the molecule is NC(Cc1ccsc1)c1csnn1. The van der Waals surface area contributed by atoms with Crippen molar-refractivity contribution in [3.8, 4) is 0 Å². The van der Waals surface area contributed by atoms with Gasteiger partial charge in [0.15, 0.2) is 0 Å². The lowest BCUT2D eigenvalue weighted by molar-refractivity contribution is 0.694. The third-order valence-corrected chi connectivity index (χ3v) is 3.05. The lowest BCUT2D eigenvalue weighted by atomic mass is 10.1. The second-order valence-electron chi connectivity index (χ2n) is 2.77. The summed E-state index contributed by atoms with van der Waals surface area (Å²) in [6.45, 7) is 0. The number of nitrogens with two attached hydrogens (primary N) is 1. The Morgan fingerprint density at radius 1 is 1.46 bits per heavy atom. The molecule has 2 aromatic rings. The summed E-state index contributed by atoms with van der Waals surface area (Å²) >= 11 is 3.03. The molecule has 2 aromatic heterocycles. The van der Waals surface area contributed by atoms with E-state index >= 15 is 0 Å². The summed E-state index contributed by atoms with van der Waals surface area (Å²) in [5, 5.41) is 10.0. The standard InChI is InChI=1S/C8H9N3S2/c9-7(8-5-13-11-10-8)3-6-1-2-12-4-6/h1-2,4-5,7H,3,9H2. The molecule has 0 bridgehead atoms. The molecule has 0 aromatic carbocycles. The van der Waals surface area contributed by atoms with Crippen LogP contribution in [-0.2, 0) is 6.42 Å². The van der Waals surface area contributed by atoms with Gasteiger partial charge in [0, 0.05) is 5.38 Å². The molecular weight excluding hydrogens is 202 g/mol. The molecule has 0 amide bonds. The minimum Gasteiger partial charge on any atom is -0.322 e. The fourth-order valence-corrected chi connectivity index (χ4v) is 2.30.